The molecule has 0 spiro atoms. The van der Waals surface area contributed by atoms with Gasteiger partial charge in [0.2, 0.25) is 0 Å². The molecule has 14 heavy (non-hydrogen) atoms. The number of halogens is 2. The van der Waals surface area contributed by atoms with E-state index >= 15 is 0 Å². The number of hydrogen-bond acceptors (Lipinski definition) is 2. The molecule has 2 aromatic rings. The minimum Gasteiger partial charge on any atom is -0.478 e. The third kappa shape index (κ3) is 1.57. The number of carboxylic acids is 1. The van der Waals surface area contributed by atoms with E-state index in [2.05, 4.69) is 38.5 Å². The SMILES string of the molecule is O=C(O)c1cccc2c(Br)c(I)sc12. The van der Waals surface area contributed by atoms with Crippen LogP contribution in [0.15, 0.2) is 22.7 Å². The summed E-state index contributed by atoms with van der Waals surface area (Å²) in [6.45, 7) is 0. The first kappa shape index (κ1) is 10.4. The molecule has 2 rings (SSSR count). The van der Waals surface area contributed by atoms with Crippen molar-refractivity contribution in [1.29, 1.82) is 0 Å². The van der Waals surface area contributed by atoms with Gasteiger partial charge in [0.05, 0.1) is 13.1 Å². The number of benzene rings is 1. The zero-order chi connectivity index (χ0) is 10.3. The van der Waals surface area contributed by atoms with E-state index in [0.717, 1.165) is 17.4 Å². The molecule has 0 saturated carbocycles. The van der Waals surface area contributed by atoms with Crippen molar-refractivity contribution in [2.24, 2.45) is 0 Å². The molecule has 72 valence electrons. The third-order valence-corrected chi connectivity index (χ3v) is 5.90. The second kappa shape index (κ2) is 3.79. The largest absolute Gasteiger partial charge is 0.478 e. The first-order valence-corrected chi connectivity index (χ1v) is 6.40. The van der Waals surface area contributed by atoms with Gasteiger partial charge in [-0.05, 0) is 44.6 Å². The highest BCUT2D eigenvalue weighted by molar-refractivity contribution is 14.1. The van der Waals surface area contributed by atoms with E-state index in [-0.39, 0.29) is 0 Å². The maximum atomic E-state index is 10.9. The molecule has 0 bridgehead atoms. The van der Waals surface area contributed by atoms with E-state index in [1.807, 2.05) is 6.07 Å². The van der Waals surface area contributed by atoms with E-state index in [0.29, 0.717) is 5.56 Å². The molecule has 0 aliphatic heterocycles. The molecule has 0 aliphatic carbocycles. The Balaban J connectivity index is 2.88. The van der Waals surface area contributed by atoms with Crippen LogP contribution in [0.4, 0.5) is 0 Å². The van der Waals surface area contributed by atoms with Crippen LogP contribution in [-0.4, -0.2) is 11.1 Å². The Labute approximate surface area is 106 Å². The summed E-state index contributed by atoms with van der Waals surface area (Å²) >= 11 is 7.13. The lowest BCUT2D eigenvalue weighted by Gasteiger charge is -1.95. The molecular weight excluding hydrogens is 379 g/mol. The van der Waals surface area contributed by atoms with Crippen molar-refractivity contribution in [1.82, 2.24) is 0 Å². The van der Waals surface area contributed by atoms with Gasteiger partial charge in [0.15, 0.2) is 0 Å². The van der Waals surface area contributed by atoms with Crippen molar-refractivity contribution >= 4 is 65.9 Å². The average molecular weight is 383 g/mol. The Bertz CT molecular complexity index is 521. The summed E-state index contributed by atoms with van der Waals surface area (Å²) in [5, 5.41) is 9.94. The van der Waals surface area contributed by atoms with Crippen LogP contribution in [0.25, 0.3) is 10.1 Å². The average Bonchev–Trinajstić information content (AvgIpc) is 2.43. The van der Waals surface area contributed by atoms with Gasteiger partial charge in [0, 0.05) is 9.86 Å². The summed E-state index contributed by atoms with van der Waals surface area (Å²) in [6.07, 6.45) is 0. The Morgan fingerprint density at radius 2 is 2.21 bits per heavy atom. The van der Waals surface area contributed by atoms with E-state index in [1.54, 1.807) is 12.1 Å². The summed E-state index contributed by atoms with van der Waals surface area (Å²) in [6, 6.07) is 5.31. The minimum atomic E-state index is -0.874. The Morgan fingerprint density at radius 1 is 1.50 bits per heavy atom. The summed E-state index contributed by atoms with van der Waals surface area (Å²) in [5.41, 5.74) is 0.371. The van der Waals surface area contributed by atoms with Gasteiger partial charge in [-0.2, -0.15) is 0 Å². The van der Waals surface area contributed by atoms with Crippen molar-refractivity contribution in [3.8, 4) is 0 Å². The maximum absolute atomic E-state index is 10.9. The van der Waals surface area contributed by atoms with E-state index < -0.39 is 5.97 Å². The van der Waals surface area contributed by atoms with Gasteiger partial charge in [-0.25, -0.2) is 4.79 Å². The fourth-order valence-electron chi connectivity index (χ4n) is 1.23. The van der Waals surface area contributed by atoms with Crippen LogP contribution >= 0.6 is 49.9 Å². The summed E-state index contributed by atoms with van der Waals surface area (Å²) < 4.78 is 2.89. The van der Waals surface area contributed by atoms with Gasteiger partial charge in [-0.1, -0.05) is 12.1 Å². The van der Waals surface area contributed by atoms with E-state index in [9.17, 15) is 4.79 Å². The highest BCUT2D eigenvalue weighted by Gasteiger charge is 2.14. The molecule has 5 heteroatoms. The third-order valence-electron chi connectivity index (χ3n) is 1.85. The standard InChI is InChI=1S/C9H4BrIO2S/c10-6-4-2-1-3-5(9(12)13)7(4)14-8(6)11/h1-3H,(H,12,13). The molecule has 0 unspecified atom stereocenters. The fourth-order valence-corrected chi connectivity index (χ4v) is 3.81. The highest BCUT2D eigenvalue weighted by atomic mass is 127. The van der Waals surface area contributed by atoms with Gasteiger partial charge >= 0.3 is 5.97 Å². The molecule has 0 aliphatic rings. The first-order chi connectivity index (χ1) is 6.61. The van der Waals surface area contributed by atoms with Gasteiger partial charge in [0.25, 0.3) is 0 Å². The zero-order valence-electron chi connectivity index (χ0n) is 6.75. The van der Waals surface area contributed by atoms with E-state index in [4.69, 9.17) is 5.11 Å². The second-order valence-corrected chi connectivity index (χ2v) is 6.30. The van der Waals surface area contributed by atoms with Crippen LogP contribution in [0.3, 0.4) is 0 Å². The molecule has 1 heterocycles. The number of hydrogen-bond donors (Lipinski definition) is 1. The lowest BCUT2D eigenvalue weighted by molar-refractivity contribution is 0.0699. The van der Waals surface area contributed by atoms with Crippen molar-refractivity contribution in [3.05, 3.63) is 31.1 Å². The van der Waals surface area contributed by atoms with Crippen LogP contribution in [0, 0.1) is 2.88 Å². The molecule has 0 atom stereocenters. The number of carbonyl (C=O) groups is 1. The predicted molar refractivity (Wildman–Crippen MR) is 69.2 cm³/mol. The smallest absolute Gasteiger partial charge is 0.337 e. The number of aromatic carboxylic acids is 1. The molecule has 2 nitrogen and oxygen atoms in total. The maximum Gasteiger partial charge on any atom is 0.337 e. The lowest BCUT2D eigenvalue weighted by atomic mass is 10.2. The van der Waals surface area contributed by atoms with Crippen molar-refractivity contribution in [2.45, 2.75) is 0 Å². The lowest BCUT2D eigenvalue weighted by Crippen LogP contribution is -1.94. The quantitative estimate of drug-likeness (QED) is 0.758. The normalized spacial score (nSPS) is 10.7. The molecule has 0 amide bonds. The number of thiophene rings is 1. The minimum absolute atomic E-state index is 0.371. The first-order valence-electron chi connectivity index (χ1n) is 3.71. The monoisotopic (exact) mass is 382 g/mol. The molecule has 1 aromatic carbocycles. The predicted octanol–water partition coefficient (Wildman–Crippen LogP) is 3.97. The number of carboxylic acid groups (broad SMARTS) is 1. The number of fused-ring (bicyclic) bond motifs is 1. The van der Waals surface area contributed by atoms with Gasteiger partial charge in [-0.15, -0.1) is 11.3 Å². The molecule has 1 aromatic heterocycles. The molecule has 1 N–H and O–H groups in total. The van der Waals surface area contributed by atoms with Crippen LogP contribution < -0.4 is 0 Å². The Morgan fingerprint density at radius 3 is 2.86 bits per heavy atom. The second-order valence-electron chi connectivity index (χ2n) is 2.68. The molecule has 0 saturated heterocycles. The van der Waals surface area contributed by atoms with Crippen molar-refractivity contribution in [2.75, 3.05) is 0 Å². The Kier molecular flexibility index (Phi) is 2.81. The Hall–Kier alpha value is -0.140. The van der Waals surface area contributed by atoms with E-state index in [1.165, 1.54) is 11.3 Å². The highest BCUT2D eigenvalue weighted by Crippen LogP contribution is 2.38. The van der Waals surface area contributed by atoms with Gasteiger partial charge < -0.3 is 5.11 Å². The van der Waals surface area contributed by atoms with Gasteiger partial charge in [0.1, 0.15) is 0 Å². The van der Waals surface area contributed by atoms with Crippen LogP contribution in [-0.2, 0) is 0 Å². The van der Waals surface area contributed by atoms with Crippen LogP contribution in [0.1, 0.15) is 10.4 Å². The molecular formula is C9H4BrIO2S. The van der Waals surface area contributed by atoms with Crippen LogP contribution in [0.5, 0.6) is 0 Å². The van der Waals surface area contributed by atoms with Crippen molar-refractivity contribution in [3.63, 3.8) is 0 Å². The number of rotatable bonds is 1. The fraction of sp³-hybridized carbons (Fsp3) is 0. The summed E-state index contributed by atoms with van der Waals surface area (Å²) in [7, 11) is 0. The zero-order valence-corrected chi connectivity index (χ0v) is 11.3. The molecule has 0 fully saturated rings. The summed E-state index contributed by atoms with van der Waals surface area (Å²) in [5.74, 6) is -0.874. The van der Waals surface area contributed by atoms with Gasteiger partial charge in [-0.3, -0.25) is 0 Å². The summed E-state index contributed by atoms with van der Waals surface area (Å²) in [4.78, 5) is 10.9. The van der Waals surface area contributed by atoms with Crippen molar-refractivity contribution < 1.29 is 9.90 Å². The topological polar surface area (TPSA) is 37.3 Å². The molecule has 0 radical (unpaired) electrons. The van der Waals surface area contributed by atoms with Crippen LogP contribution in [0.2, 0.25) is 0 Å².